The monoisotopic (exact) mass is 289 g/mol. The molecule has 0 bridgehead atoms. The number of amides is 1. The standard InChI is InChI=1S/C15H15NOS2/c1-18-11-15(17)16-13-9-5-6-10-14(13)19-12-7-3-2-4-8-12/h2-10H,11H2,1H3,(H,16,17). The summed E-state index contributed by atoms with van der Waals surface area (Å²) in [6.07, 6.45) is 1.92. The first-order valence-electron chi connectivity index (χ1n) is 5.90. The fourth-order valence-corrected chi connectivity index (χ4v) is 2.85. The number of nitrogens with one attached hydrogen (secondary N) is 1. The number of benzene rings is 2. The molecule has 0 saturated carbocycles. The molecule has 2 aromatic carbocycles. The predicted molar refractivity (Wildman–Crippen MR) is 84.0 cm³/mol. The fourth-order valence-electron chi connectivity index (χ4n) is 1.59. The van der Waals surface area contributed by atoms with Crippen LogP contribution in [0.1, 0.15) is 0 Å². The van der Waals surface area contributed by atoms with Gasteiger partial charge in [0.15, 0.2) is 0 Å². The molecule has 98 valence electrons. The molecule has 0 unspecified atom stereocenters. The molecule has 0 radical (unpaired) electrons. The van der Waals surface area contributed by atoms with E-state index in [-0.39, 0.29) is 5.91 Å². The first-order chi connectivity index (χ1) is 9.29. The third-order valence-electron chi connectivity index (χ3n) is 2.41. The Bertz CT molecular complexity index is 543. The van der Waals surface area contributed by atoms with E-state index in [1.165, 1.54) is 11.8 Å². The van der Waals surface area contributed by atoms with Crippen LogP contribution in [0, 0.1) is 0 Å². The largest absolute Gasteiger partial charge is 0.324 e. The molecule has 2 aromatic rings. The summed E-state index contributed by atoms with van der Waals surface area (Å²) in [5.74, 6) is 0.512. The number of para-hydroxylation sites is 1. The van der Waals surface area contributed by atoms with Crippen molar-refractivity contribution in [3.63, 3.8) is 0 Å². The minimum absolute atomic E-state index is 0.0358. The molecule has 0 aliphatic rings. The Morgan fingerprint density at radius 2 is 1.74 bits per heavy atom. The maximum atomic E-state index is 11.7. The van der Waals surface area contributed by atoms with E-state index >= 15 is 0 Å². The van der Waals surface area contributed by atoms with Gasteiger partial charge in [-0.05, 0) is 30.5 Å². The zero-order valence-corrected chi connectivity index (χ0v) is 12.3. The Morgan fingerprint density at radius 3 is 2.47 bits per heavy atom. The van der Waals surface area contributed by atoms with Crippen LogP contribution in [-0.4, -0.2) is 17.9 Å². The molecule has 0 atom stereocenters. The second-order valence-electron chi connectivity index (χ2n) is 3.89. The molecular weight excluding hydrogens is 274 g/mol. The molecule has 2 nitrogen and oxygen atoms in total. The maximum absolute atomic E-state index is 11.7. The number of carbonyl (C=O) groups excluding carboxylic acids is 1. The molecule has 2 rings (SSSR count). The summed E-state index contributed by atoms with van der Waals surface area (Å²) in [6.45, 7) is 0. The lowest BCUT2D eigenvalue weighted by Gasteiger charge is -2.10. The highest BCUT2D eigenvalue weighted by Gasteiger charge is 2.07. The van der Waals surface area contributed by atoms with E-state index in [1.807, 2.05) is 48.7 Å². The van der Waals surface area contributed by atoms with E-state index in [0.29, 0.717) is 5.75 Å². The van der Waals surface area contributed by atoms with E-state index in [2.05, 4.69) is 17.4 Å². The first kappa shape index (κ1) is 14.0. The van der Waals surface area contributed by atoms with Crippen LogP contribution < -0.4 is 5.32 Å². The smallest absolute Gasteiger partial charge is 0.234 e. The average Bonchev–Trinajstić information content (AvgIpc) is 2.42. The van der Waals surface area contributed by atoms with Crippen LogP contribution in [-0.2, 0) is 4.79 Å². The average molecular weight is 289 g/mol. The summed E-state index contributed by atoms with van der Waals surface area (Å²) < 4.78 is 0. The van der Waals surface area contributed by atoms with Crippen molar-refractivity contribution in [2.45, 2.75) is 9.79 Å². The van der Waals surface area contributed by atoms with Gasteiger partial charge in [0.2, 0.25) is 5.91 Å². The van der Waals surface area contributed by atoms with E-state index < -0.39 is 0 Å². The quantitative estimate of drug-likeness (QED) is 0.897. The van der Waals surface area contributed by atoms with Crippen LogP contribution in [0.5, 0.6) is 0 Å². The van der Waals surface area contributed by atoms with Crippen molar-refractivity contribution in [3.05, 3.63) is 54.6 Å². The van der Waals surface area contributed by atoms with Gasteiger partial charge in [-0.3, -0.25) is 4.79 Å². The Hall–Kier alpha value is -1.39. The molecule has 0 aliphatic heterocycles. The van der Waals surface area contributed by atoms with Crippen LogP contribution in [0.25, 0.3) is 0 Å². The predicted octanol–water partition coefficient (Wildman–Crippen LogP) is 4.14. The van der Waals surface area contributed by atoms with Crippen LogP contribution in [0.2, 0.25) is 0 Å². The molecule has 0 saturated heterocycles. The minimum atomic E-state index is 0.0358. The van der Waals surface area contributed by atoms with E-state index in [1.54, 1.807) is 11.8 Å². The lowest BCUT2D eigenvalue weighted by molar-refractivity contribution is -0.113. The summed E-state index contributed by atoms with van der Waals surface area (Å²) in [5, 5.41) is 2.95. The third-order valence-corrected chi connectivity index (χ3v) is 4.04. The van der Waals surface area contributed by atoms with Gasteiger partial charge in [-0.1, -0.05) is 42.1 Å². The van der Waals surface area contributed by atoms with Crippen molar-refractivity contribution >= 4 is 35.1 Å². The number of hydrogen-bond acceptors (Lipinski definition) is 3. The summed E-state index contributed by atoms with van der Waals surface area (Å²) >= 11 is 3.17. The lowest BCUT2D eigenvalue weighted by atomic mass is 10.3. The van der Waals surface area contributed by atoms with Gasteiger partial charge in [-0.2, -0.15) is 11.8 Å². The zero-order chi connectivity index (χ0) is 13.5. The highest BCUT2D eigenvalue weighted by Crippen LogP contribution is 2.33. The van der Waals surface area contributed by atoms with Crippen molar-refractivity contribution in [2.24, 2.45) is 0 Å². The van der Waals surface area contributed by atoms with Crippen LogP contribution in [0.3, 0.4) is 0 Å². The molecule has 1 amide bonds. The number of thioether (sulfide) groups is 1. The van der Waals surface area contributed by atoms with Gasteiger partial charge in [-0.25, -0.2) is 0 Å². The Morgan fingerprint density at radius 1 is 1.05 bits per heavy atom. The van der Waals surface area contributed by atoms with Gasteiger partial charge in [0, 0.05) is 9.79 Å². The number of rotatable bonds is 5. The molecule has 0 heterocycles. The Labute approximate surface area is 122 Å². The van der Waals surface area contributed by atoms with Gasteiger partial charge in [0.25, 0.3) is 0 Å². The van der Waals surface area contributed by atoms with Crippen molar-refractivity contribution < 1.29 is 4.79 Å². The van der Waals surface area contributed by atoms with Crippen LogP contribution in [0.15, 0.2) is 64.4 Å². The molecule has 0 aliphatic carbocycles. The highest BCUT2D eigenvalue weighted by molar-refractivity contribution is 7.99. The van der Waals surface area contributed by atoms with Gasteiger partial charge < -0.3 is 5.32 Å². The van der Waals surface area contributed by atoms with Crippen molar-refractivity contribution in [2.75, 3.05) is 17.3 Å². The molecule has 4 heteroatoms. The van der Waals surface area contributed by atoms with Crippen LogP contribution in [0.4, 0.5) is 5.69 Å². The maximum Gasteiger partial charge on any atom is 0.234 e. The first-order valence-corrected chi connectivity index (χ1v) is 8.11. The van der Waals surface area contributed by atoms with Gasteiger partial charge in [0.1, 0.15) is 0 Å². The van der Waals surface area contributed by atoms with Crippen molar-refractivity contribution in [1.82, 2.24) is 0 Å². The third kappa shape index (κ3) is 4.33. The summed E-state index contributed by atoms with van der Waals surface area (Å²) in [7, 11) is 0. The number of carbonyl (C=O) groups is 1. The van der Waals surface area contributed by atoms with E-state index in [4.69, 9.17) is 0 Å². The van der Waals surface area contributed by atoms with Gasteiger partial charge in [0.05, 0.1) is 11.4 Å². The number of anilines is 1. The fraction of sp³-hybridized carbons (Fsp3) is 0.133. The van der Waals surface area contributed by atoms with Gasteiger partial charge >= 0.3 is 0 Å². The SMILES string of the molecule is CSCC(=O)Nc1ccccc1Sc1ccccc1. The zero-order valence-electron chi connectivity index (χ0n) is 10.6. The summed E-state index contributed by atoms with van der Waals surface area (Å²) in [5.41, 5.74) is 0.871. The highest BCUT2D eigenvalue weighted by atomic mass is 32.2. The van der Waals surface area contributed by atoms with Crippen molar-refractivity contribution in [1.29, 1.82) is 0 Å². The summed E-state index contributed by atoms with van der Waals surface area (Å²) in [6, 6.07) is 18.0. The number of hydrogen-bond donors (Lipinski definition) is 1. The van der Waals surface area contributed by atoms with Crippen LogP contribution >= 0.6 is 23.5 Å². The van der Waals surface area contributed by atoms with E-state index in [9.17, 15) is 4.79 Å². The lowest BCUT2D eigenvalue weighted by Crippen LogP contribution is -2.14. The van der Waals surface area contributed by atoms with Crippen molar-refractivity contribution in [3.8, 4) is 0 Å². The summed E-state index contributed by atoms with van der Waals surface area (Å²) in [4.78, 5) is 13.9. The minimum Gasteiger partial charge on any atom is -0.324 e. The van der Waals surface area contributed by atoms with Gasteiger partial charge in [-0.15, -0.1) is 0 Å². The molecule has 19 heavy (non-hydrogen) atoms. The Kier molecular flexibility index (Phi) is 5.36. The molecule has 0 aromatic heterocycles. The molecular formula is C15H15NOS2. The molecule has 0 spiro atoms. The molecule has 1 N–H and O–H groups in total. The Balaban J connectivity index is 2.14. The molecule has 0 fully saturated rings. The normalized spacial score (nSPS) is 10.2. The topological polar surface area (TPSA) is 29.1 Å². The van der Waals surface area contributed by atoms with E-state index in [0.717, 1.165) is 15.5 Å². The second-order valence-corrected chi connectivity index (χ2v) is 5.87. The second kappa shape index (κ2) is 7.26.